The Morgan fingerprint density at radius 3 is 2.38 bits per heavy atom. The average molecular weight is 298 g/mol. The van der Waals surface area contributed by atoms with E-state index in [2.05, 4.69) is 28.8 Å². The van der Waals surface area contributed by atoms with Crippen LogP contribution >= 0.6 is 0 Å². The number of hydrogen-bond acceptors (Lipinski definition) is 3. The van der Waals surface area contributed by atoms with Gasteiger partial charge in [0, 0.05) is 11.7 Å². The summed E-state index contributed by atoms with van der Waals surface area (Å²) in [5.41, 5.74) is 0.946. The zero-order valence-electron chi connectivity index (χ0n) is 12.7. The lowest BCUT2D eigenvalue weighted by atomic mass is 9.90. The maximum atomic E-state index is 12.1. The molecule has 1 heterocycles. The number of rotatable bonds is 6. The summed E-state index contributed by atoms with van der Waals surface area (Å²) in [7, 11) is 0. The molecule has 0 aromatic heterocycles. The fraction of sp³-hybridized carbons (Fsp3) is 0.625. The van der Waals surface area contributed by atoms with Crippen molar-refractivity contribution in [2.24, 2.45) is 5.92 Å². The van der Waals surface area contributed by atoms with Crippen molar-refractivity contribution >= 4 is 5.69 Å². The van der Waals surface area contributed by atoms with Crippen molar-refractivity contribution in [2.75, 3.05) is 25.0 Å². The third-order valence-corrected chi connectivity index (χ3v) is 4.26. The highest BCUT2D eigenvalue weighted by Crippen LogP contribution is 2.24. The lowest BCUT2D eigenvalue weighted by Gasteiger charge is -2.34. The van der Waals surface area contributed by atoms with Crippen molar-refractivity contribution in [3.05, 3.63) is 24.3 Å². The molecule has 1 saturated heterocycles. The number of halogens is 2. The SMILES string of the molecule is CCN1CCC(C(C)Nc2ccc(OC(F)F)cc2)CC1. The van der Waals surface area contributed by atoms with Gasteiger partial charge in [0.15, 0.2) is 0 Å². The molecule has 0 amide bonds. The van der Waals surface area contributed by atoms with Gasteiger partial charge in [0.05, 0.1) is 0 Å². The van der Waals surface area contributed by atoms with Crippen LogP contribution in [0, 0.1) is 5.92 Å². The third-order valence-electron chi connectivity index (χ3n) is 4.26. The molecule has 5 heteroatoms. The fourth-order valence-corrected chi connectivity index (χ4v) is 2.88. The molecule has 21 heavy (non-hydrogen) atoms. The standard InChI is InChI=1S/C16H24F2N2O/c1-3-20-10-8-13(9-11-20)12(2)19-14-4-6-15(7-5-14)21-16(17)18/h4-7,12-13,16,19H,3,8-11H2,1-2H3. The highest BCUT2D eigenvalue weighted by molar-refractivity contribution is 5.47. The van der Waals surface area contributed by atoms with Crippen LogP contribution < -0.4 is 10.1 Å². The van der Waals surface area contributed by atoms with E-state index >= 15 is 0 Å². The second-order valence-electron chi connectivity index (χ2n) is 5.61. The molecule has 0 spiro atoms. The van der Waals surface area contributed by atoms with E-state index in [-0.39, 0.29) is 5.75 Å². The molecule has 1 N–H and O–H groups in total. The summed E-state index contributed by atoms with van der Waals surface area (Å²) in [6, 6.07) is 7.10. The zero-order valence-corrected chi connectivity index (χ0v) is 12.7. The summed E-state index contributed by atoms with van der Waals surface area (Å²) in [6.07, 6.45) is 2.41. The maximum absolute atomic E-state index is 12.1. The number of hydrogen-bond donors (Lipinski definition) is 1. The van der Waals surface area contributed by atoms with Crippen LogP contribution in [0.5, 0.6) is 5.75 Å². The summed E-state index contributed by atoms with van der Waals surface area (Å²) >= 11 is 0. The molecule has 1 aromatic carbocycles. The van der Waals surface area contributed by atoms with E-state index in [9.17, 15) is 8.78 Å². The van der Waals surface area contributed by atoms with E-state index in [1.807, 2.05) is 0 Å². The molecule has 1 atom stereocenters. The van der Waals surface area contributed by atoms with Gasteiger partial charge in [-0.05, 0) is 69.6 Å². The van der Waals surface area contributed by atoms with Gasteiger partial charge in [-0.1, -0.05) is 6.92 Å². The molecule has 1 aliphatic heterocycles. The van der Waals surface area contributed by atoms with E-state index in [1.54, 1.807) is 24.3 Å². The van der Waals surface area contributed by atoms with Crippen LogP contribution in [0.1, 0.15) is 26.7 Å². The maximum Gasteiger partial charge on any atom is 0.387 e. The van der Waals surface area contributed by atoms with Gasteiger partial charge in [0.2, 0.25) is 0 Å². The summed E-state index contributed by atoms with van der Waals surface area (Å²) in [4.78, 5) is 2.47. The summed E-state index contributed by atoms with van der Waals surface area (Å²) in [5, 5.41) is 3.46. The molecule has 3 nitrogen and oxygen atoms in total. The van der Waals surface area contributed by atoms with Gasteiger partial charge in [0.1, 0.15) is 5.75 Å². The first-order valence-electron chi connectivity index (χ1n) is 7.62. The number of ether oxygens (including phenoxy) is 1. The molecular weight excluding hydrogens is 274 g/mol. The largest absolute Gasteiger partial charge is 0.435 e. The minimum absolute atomic E-state index is 0.194. The van der Waals surface area contributed by atoms with Crippen molar-refractivity contribution in [1.29, 1.82) is 0 Å². The Hall–Kier alpha value is -1.36. The number of anilines is 1. The smallest absolute Gasteiger partial charge is 0.387 e. The molecule has 0 bridgehead atoms. The van der Waals surface area contributed by atoms with Crippen molar-refractivity contribution < 1.29 is 13.5 Å². The number of alkyl halides is 2. The summed E-state index contributed by atoms with van der Waals surface area (Å²) in [6.45, 7) is 5.07. The van der Waals surface area contributed by atoms with Crippen LogP contribution in [0.3, 0.4) is 0 Å². The molecule has 1 aromatic rings. The van der Waals surface area contributed by atoms with E-state index in [4.69, 9.17) is 0 Å². The van der Waals surface area contributed by atoms with Gasteiger partial charge in [0.25, 0.3) is 0 Å². The van der Waals surface area contributed by atoms with E-state index in [0.717, 1.165) is 25.3 Å². The average Bonchev–Trinajstić information content (AvgIpc) is 2.49. The Labute approximate surface area is 125 Å². The van der Waals surface area contributed by atoms with E-state index in [1.165, 1.54) is 12.8 Å². The molecular formula is C16H24F2N2O. The third kappa shape index (κ3) is 4.84. The molecule has 118 valence electrons. The van der Waals surface area contributed by atoms with Crippen LogP contribution in [-0.4, -0.2) is 37.2 Å². The summed E-state index contributed by atoms with van der Waals surface area (Å²) < 4.78 is 28.5. The first-order chi connectivity index (χ1) is 10.1. The van der Waals surface area contributed by atoms with Crippen molar-refractivity contribution in [2.45, 2.75) is 39.3 Å². The topological polar surface area (TPSA) is 24.5 Å². The van der Waals surface area contributed by atoms with Gasteiger partial charge in [-0.2, -0.15) is 8.78 Å². The van der Waals surface area contributed by atoms with Crippen LogP contribution in [-0.2, 0) is 0 Å². The predicted molar refractivity (Wildman–Crippen MR) is 81.0 cm³/mol. The Kier molecular flexibility index (Phi) is 5.79. The van der Waals surface area contributed by atoms with Gasteiger partial charge in [-0.15, -0.1) is 0 Å². The molecule has 2 rings (SSSR count). The van der Waals surface area contributed by atoms with Gasteiger partial charge in [-0.25, -0.2) is 0 Å². The highest BCUT2D eigenvalue weighted by Gasteiger charge is 2.22. The molecule has 0 radical (unpaired) electrons. The second kappa shape index (κ2) is 7.59. The highest BCUT2D eigenvalue weighted by atomic mass is 19.3. The first kappa shape index (κ1) is 16.0. The lowest BCUT2D eigenvalue weighted by Crippen LogP contribution is -2.39. The van der Waals surface area contributed by atoms with Crippen LogP contribution in [0.2, 0.25) is 0 Å². The van der Waals surface area contributed by atoms with Gasteiger partial charge >= 0.3 is 6.61 Å². The summed E-state index contributed by atoms with van der Waals surface area (Å²) in [5.74, 6) is 0.851. The van der Waals surface area contributed by atoms with Crippen molar-refractivity contribution in [3.63, 3.8) is 0 Å². The normalized spacial score (nSPS) is 18.7. The van der Waals surface area contributed by atoms with Crippen LogP contribution in [0.4, 0.5) is 14.5 Å². The number of piperidine rings is 1. The zero-order chi connectivity index (χ0) is 15.2. The van der Waals surface area contributed by atoms with Gasteiger partial charge < -0.3 is 15.0 Å². The monoisotopic (exact) mass is 298 g/mol. The van der Waals surface area contributed by atoms with Crippen LogP contribution in [0.25, 0.3) is 0 Å². The van der Waals surface area contributed by atoms with Crippen molar-refractivity contribution in [1.82, 2.24) is 4.90 Å². The molecule has 0 aliphatic carbocycles. The first-order valence-corrected chi connectivity index (χ1v) is 7.62. The second-order valence-corrected chi connectivity index (χ2v) is 5.61. The molecule has 1 aliphatic rings. The quantitative estimate of drug-likeness (QED) is 0.864. The van der Waals surface area contributed by atoms with Crippen LogP contribution in [0.15, 0.2) is 24.3 Å². The van der Waals surface area contributed by atoms with E-state index < -0.39 is 6.61 Å². The Morgan fingerprint density at radius 1 is 1.24 bits per heavy atom. The predicted octanol–water partition coefficient (Wildman–Crippen LogP) is 3.82. The molecule has 0 saturated carbocycles. The Morgan fingerprint density at radius 2 is 1.86 bits per heavy atom. The fourth-order valence-electron chi connectivity index (χ4n) is 2.88. The minimum Gasteiger partial charge on any atom is -0.435 e. The lowest BCUT2D eigenvalue weighted by molar-refractivity contribution is -0.0498. The van der Waals surface area contributed by atoms with Crippen molar-refractivity contribution in [3.8, 4) is 5.75 Å². The number of likely N-dealkylation sites (tertiary alicyclic amines) is 1. The van der Waals surface area contributed by atoms with Gasteiger partial charge in [-0.3, -0.25) is 0 Å². The number of nitrogens with zero attached hydrogens (tertiary/aromatic N) is 1. The van der Waals surface area contributed by atoms with E-state index in [0.29, 0.717) is 12.0 Å². The Bertz CT molecular complexity index is 417. The molecule has 1 unspecified atom stereocenters. The molecule has 1 fully saturated rings. The number of benzene rings is 1. The minimum atomic E-state index is -2.77. The Balaban J connectivity index is 1.83. The number of nitrogens with one attached hydrogen (secondary N) is 1.